The summed E-state index contributed by atoms with van der Waals surface area (Å²) in [6, 6.07) is 4.60. The quantitative estimate of drug-likeness (QED) is 0.410. The van der Waals surface area contributed by atoms with E-state index in [2.05, 4.69) is 0 Å². The topological polar surface area (TPSA) is 93.0 Å². The second-order valence-corrected chi connectivity index (χ2v) is 7.73. The van der Waals surface area contributed by atoms with E-state index in [4.69, 9.17) is 4.74 Å². The van der Waals surface area contributed by atoms with Crippen molar-refractivity contribution in [3.05, 3.63) is 33.9 Å². The van der Waals surface area contributed by atoms with E-state index in [0.29, 0.717) is 12.2 Å². The van der Waals surface area contributed by atoms with Gasteiger partial charge in [0, 0.05) is 31.7 Å². The lowest BCUT2D eigenvalue weighted by atomic mass is 10.00. The number of carbonyl (C=O) groups excluding carboxylic acids is 2. The van der Waals surface area contributed by atoms with Crippen LogP contribution in [-0.4, -0.2) is 54.0 Å². The minimum absolute atomic E-state index is 0.0935. The zero-order valence-corrected chi connectivity index (χ0v) is 17.0. The lowest BCUT2D eigenvalue weighted by Gasteiger charge is -2.35. The first-order valence-electron chi connectivity index (χ1n) is 10.5. The van der Waals surface area contributed by atoms with Crippen molar-refractivity contribution in [2.75, 3.05) is 31.1 Å². The van der Waals surface area contributed by atoms with Crippen LogP contribution in [0.25, 0.3) is 0 Å². The van der Waals surface area contributed by atoms with Gasteiger partial charge in [-0.1, -0.05) is 6.92 Å². The molecule has 158 valence electrons. The molecule has 1 atom stereocenters. The summed E-state index contributed by atoms with van der Waals surface area (Å²) in [6.45, 7) is 3.94. The number of nitrogens with zero attached hydrogens (tertiary/aromatic N) is 3. The van der Waals surface area contributed by atoms with Gasteiger partial charge in [-0.2, -0.15) is 0 Å². The number of nitro groups is 1. The Morgan fingerprint density at radius 3 is 2.55 bits per heavy atom. The van der Waals surface area contributed by atoms with Crippen molar-refractivity contribution in [2.24, 2.45) is 0 Å². The van der Waals surface area contributed by atoms with Gasteiger partial charge in [0.1, 0.15) is 5.69 Å². The second-order valence-electron chi connectivity index (χ2n) is 7.73. The largest absolute Gasteiger partial charge is 0.452 e. The number of piperidine rings is 2. The van der Waals surface area contributed by atoms with Crippen molar-refractivity contribution < 1.29 is 19.2 Å². The maximum Gasteiger partial charge on any atom is 0.338 e. The number of nitro benzene ring substituents is 1. The maximum absolute atomic E-state index is 12.5. The number of anilines is 1. The fourth-order valence-corrected chi connectivity index (χ4v) is 4.25. The van der Waals surface area contributed by atoms with E-state index >= 15 is 0 Å². The number of carbonyl (C=O) groups is 2. The first kappa shape index (κ1) is 21.1. The molecular formula is C21H29N3O5. The highest BCUT2D eigenvalue weighted by Crippen LogP contribution is 2.31. The van der Waals surface area contributed by atoms with E-state index in [-0.39, 0.29) is 29.8 Å². The molecule has 2 fully saturated rings. The van der Waals surface area contributed by atoms with Gasteiger partial charge in [0.2, 0.25) is 0 Å². The molecule has 2 aliphatic rings. The molecule has 0 bridgehead atoms. The minimum Gasteiger partial charge on any atom is -0.452 e. The molecule has 1 aromatic carbocycles. The summed E-state index contributed by atoms with van der Waals surface area (Å²) in [5.41, 5.74) is 0.520. The van der Waals surface area contributed by atoms with E-state index < -0.39 is 10.9 Å². The molecule has 1 aromatic rings. The van der Waals surface area contributed by atoms with Crippen molar-refractivity contribution in [3.8, 4) is 0 Å². The SMILES string of the molecule is CC[C@H]1CCCCN1C(=O)COC(=O)c1ccc(N2CCCCC2)c([N+](=O)[O-])c1. The van der Waals surface area contributed by atoms with Crippen LogP contribution in [0.3, 0.4) is 0 Å². The summed E-state index contributed by atoms with van der Waals surface area (Å²) in [5.74, 6) is -0.916. The van der Waals surface area contributed by atoms with Crippen LogP contribution in [0.2, 0.25) is 0 Å². The van der Waals surface area contributed by atoms with Crippen LogP contribution < -0.4 is 4.90 Å². The van der Waals surface area contributed by atoms with Gasteiger partial charge < -0.3 is 14.5 Å². The van der Waals surface area contributed by atoms with Crippen LogP contribution in [0, 0.1) is 10.1 Å². The molecule has 1 amide bonds. The van der Waals surface area contributed by atoms with Gasteiger partial charge in [-0.15, -0.1) is 0 Å². The molecule has 2 saturated heterocycles. The van der Waals surface area contributed by atoms with Crippen LogP contribution in [-0.2, 0) is 9.53 Å². The standard InChI is InChI=1S/C21H29N3O5/c1-2-17-8-4-7-13-23(17)20(25)15-29-21(26)16-9-10-18(19(14-16)24(27)28)22-11-5-3-6-12-22/h9-10,14,17H,2-8,11-13,15H2,1H3/t17-/m0/s1. The molecule has 0 N–H and O–H groups in total. The minimum atomic E-state index is -0.711. The number of likely N-dealkylation sites (tertiary alicyclic amines) is 1. The molecule has 2 heterocycles. The van der Waals surface area contributed by atoms with E-state index in [9.17, 15) is 19.7 Å². The summed E-state index contributed by atoms with van der Waals surface area (Å²) < 4.78 is 5.19. The summed E-state index contributed by atoms with van der Waals surface area (Å²) in [6.07, 6.45) is 7.04. The van der Waals surface area contributed by atoms with E-state index in [0.717, 1.165) is 58.0 Å². The lowest BCUT2D eigenvalue weighted by Crippen LogP contribution is -2.45. The zero-order chi connectivity index (χ0) is 20.8. The molecule has 8 heteroatoms. The number of ether oxygens (including phenoxy) is 1. The van der Waals surface area contributed by atoms with Gasteiger partial charge in [0.05, 0.1) is 10.5 Å². The molecule has 0 saturated carbocycles. The Morgan fingerprint density at radius 2 is 1.86 bits per heavy atom. The number of benzene rings is 1. The van der Waals surface area contributed by atoms with Crippen molar-refractivity contribution in [1.29, 1.82) is 0 Å². The number of amides is 1. The first-order chi connectivity index (χ1) is 14.0. The fraction of sp³-hybridized carbons (Fsp3) is 0.619. The van der Waals surface area contributed by atoms with Gasteiger partial charge in [0.15, 0.2) is 6.61 Å². The zero-order valence-electron chi connectivity index (χ0n) is 17.0. The van der Waals surface area contributed by atoms with E-state index in [1.165, 1.54) is 6.07 Å². The predicted molar refractivity (Wildman–Crippen MR) is 109 cm³/mol. The molecule has 0 aliphatic carbocycles. The second kappa shape index (κ2) is 9.71. The van der Waals surface area contributed by atoms with Gasteiger partial charge in [-0.25, -0.2) is 4.79 Å². The predicted octanol–water partition coefficient (Wildman–Crippen LogP) is 3.53. The number of rotatable bonds is 6. The normalized spacial score (nSPS) is 19.7. The molecule has 0 spiro atoms. The Morgan fingerprint density at radius 1 is 1.14 bits per heavy atom. The Kier molecular flexibility index (Phi) is 7.06. The summed E-state index contributed by atoms with van der Waals surface area (Å²) >= 11 is 0. The average molecular weight is 403 g/mol. The van der Waals surface area contributed by atoms with Crippen LogP contribution in [0.15, 0.2) is 18.2 Å². The average Bonchev–Trinajstić information content (AvgIpc) is 2.77. The number of esters is 1. The third-order valence-corrected chi connectivity index (χ3v) is 5.85. The first-order valence-corrected chi connectivity index (χ1v) is 10.5. The lowest BCUT2D eigenvalue weighted by molar-refractivity contribution is -0.384. The van der Waals surface area contributed by atoms with Crippen LogP contribution >= 0.6 is 0 Å². The van der Waals surface area contributed by atoms with E-state index in [1.54, 1.807) is 17.0 Å². The highest BCUT2D eigenvalue weighted by molar-refractivity contribution is 5.93. The Hall–Kier alpha value is -2.64. The monoisotopic (exact) mass is 403 g/mol. The van der Waals surface area contributed by atoms with Gasteiger partial charge >= 0.3 is 5.97 Å². The van der Waals surface area contributed by atoms with Crippen LogP contribution in [0.5, 0.6) is 0 Å². The van der Waals surface area contributed by atoms with Crippen molar-refractivity contribution in [3.63, 3.8) is 0 Å². The highest BCUT2D eigenvalue weighted by Gasteiger charge is 2.27. The van der Waals surface area contributed by atoms with Gasteiger partial charge in [0.25, 0.3) is 11.6 Å². The Balaban J connectivity index is 1.66. The van der Waals surface area contributed by atoms with Crippen LogP contribution in [0.4, 0.5) is 11.4 Å². The molecule has 29 heavy (non-hydrogen) atoms. The summed E-state index contributed by atoms with van der Waals surface area (Å²) in [4.78, 5) is 39.7. The number of hydrogen-bond donors (Lipinski definition) is 0. The van der Waals surface area contributed by atoms with Gasteiger partial charge in [-0.05, 0) is 57.1 Å². The fourth-order valence-electron chi connectivity index (χ4n) is 4.25. The Bertz CT molecular complexity index is 761. The van der Waals surface area contributed by atoms with Crippen molar-refractivity contribution in [1.82, 2.24) is 4.90 Å². The smallest absolute Gasteiger partial charge is 0.338 e. The number of hydrogen-bond acceptors (Lipinski definition) is 6. The molecule has 2 aliphatic heterocycles. The molecule has 3 rings (SSSR count). The van der Waals surface area contributed by atoms with Crippen molar-refractivity contribution in [2.45, 2.75) is 57.9 Å². The third-order valence-electron chi connectivity index (χ3n) is 5.85. The molecule has 0 unspecified atom stereocenters. The summed E-state index contributed by atoms with van der Waals surface area (Å²) in [5, 5.41) is 11.5. The molecule has 8 nitrogen and oxygen atoms in total. The molecular weight excluding hydrogens is 374 g/mol. The third kappa shape index (κ3) is 5.05. The molecule has 0 aromatic heterocycles. The highest BCUT2D eigenvalue weighted by atomic mass is 16.6. The van der Waals surface area contributed by atoms with Crippen LogP contribution in [0.1, 0.15) is 62.2 Å². The van der Waals surface area contributed by atoms with Gasteiger partial charge in [-0.3, -0.25) is 14.9 Å². The summed E-state index contributed by atoms with van der Waals surface area (Å²) in [7, 11) is 0. The van der Waals surface area contributed by atoms with E-state index in [1.807, 2.05) is 11.8 Å². The maximum atomic E-state index is 12.5. The molecule has 0 radical (unpaired) electrons. The van der Waals surface area contributed by atoms with Crippen molar-refractivity contribution >= 4 is 23.3 Å². The Labute approximate surface area is 171 Å².